The molecule has 1 aliphatic heterocycles. The van der Waals surface area contributed by atoms with Gasteiger partial charge in [-0.15, -0.1) is 0 Å². The fourth-order valence-electron chi connectivity index (χ4n) is 2.67. The maximum absolute atomic E-state index is 12.0. The van der Waals surface area contributed by atoms with E-state index in [0.29, 0.717) is 24.6 Å². The number of amides is 3. The van der Waals surface area contributed by atoms with Crippen LogP contribution in [0.15, 0.2) is 18.2 Å². The van der Waals surface area contributed by atoms with Crippen molar-refractivity contribution in [2.75, 3.05) is 30.4 Å². The standard InChI is InChI=1S/C18H27N3O3/c1-3-17(22)21-16-11-15(7-6-13(16)2)20-18(23)19-9-8-14-5-4-10-24-12-14/h6-7,11,14H,3-5,8-10,12H2,1-2H3,(H,21,22)(H2,19,20,23). The van der Waals surface area contributed by atoms with E-state index in [2.05, 4.69) is 16.0 Å². The van der Waals surface area contributed by atoms with Crippen molar-refractivity contribution < 1.29 is 14.3 Å². The molecule has 1 aromatic carbocycles. The van der Waals surface area contributed by atoms with Gasteiger partial charge in [0.25, 0.3) is 0 Å². The molecule has 2 rings (SSSR count). The van der Waals surface area contributed by atoms with Gasteiger partial charge in [-0.25, -0.2) is 4.79 Å². The third-order valence-electron chi connectivity index (χ3n) is 4.18. The Labute approximate surface area is 143 Å². The Hall–Kier alpha value is -2.08. The number of rotatable bonds is 6. The fourth-order valence-corrected chi connectivity index (χ4v) is 2.67. The number of urea groups is 1. The first kappa shape index (κ1) is 18.3. The third-order valence-corrected chi connectivity index (χ3v) is 4.18. The van der Waals surface area contributed by atoms with Crippen LogP contribution >= 0.6 is 0 Å². The van der Waals surface area contributed by atoms with E-state index < -0.39 is 0 Å². The van der Waals surface area contributed by atoms with Gasteiger partial charge in [-0.3, -0.25) is 4.79 Å². The van der Waals surface area contributed by atoms with Gasteiger partial charge in [-0.05, 0) is 49.8 Å². The summed E-state index contributed by atoms with van der Waals surface area (Å²) in [5.74, 6) is 0.490. The smallest absolute Gasteiger partial charge is 0.319 e. The Morgan fingerprint density at radius 1 is 1.29 bits per heavy atom. The number of hydrogen-bond acceptors (Lipinski definition) is 3. The number of carbonyl (C=O) groups excluding carboxylic acids is 2. The van der Waals surface area contributed by atoms with Gasteiger partial charge in [0.2, 0.25) is 5.91 Å². The highest BCUT2D eigenvalue weighted by molar-refractivity contribution is 5.94. The van der Waals surface area contributed by atoms with E-state index in [1.165, 1.54) is 6.42 Å². The summed E-state index contributed by atoms with van der Waals surface area (Å²) < 4.78 is 5.44. The van der Waals surface area contributed by atoms with Crippen molar-refractivity contribution in [3.63, 3.8) is 0 Å². The molecule has 1 aromatic rings. The number of ether oxygens (including phenoxy) is 1. The summed E-state index contributed by atoms with van der Waals surface area (Å²) in [6, 6.07) is 5.24. The van der Waals surface area contributed by atoms with Gasteiger partial charge in [0.05, 0.1) is 0 Å². The van der Waals surface area contributed by atoms with Crippen LogP contribution in [0.1, 0.15) is 38.2 Å². The second kappa shape index (κ2) is 9.27. The molecule has 1 aliphatic rings. The van der Waals surface area contributed by atoms with Gasteiger partial charge in [-0.2, -0.15) is 0 Å². The molecule has 0 aromatic heterocycles. The second-order valence-electron chi connectivity index (χ2n) is 6.18. The molecule has 1 atom stereocenters. The minimum atomic E-state index is -0.233. The van der Waals surface area contributed by atoms with Crippen LogP contribution in [0.2, 0.25) is 0 Å². The average molecular weight is 333 g/mol. The molecule has 1 unspecified atom stereocenters. The predicted molar refractivity (Wildman–Crippen MR) is 95.3 cm³/mol. The van der Waals surface area contributed by atoms with Gasteiger partial charge in [0, 0.05) is 37.6 Å². The molecular weight excluding hydrogens is 306 g/mol. The van der Waals surface area contributed by atoms with E-state index in [0.717, 1.165) is 37.3 Å². The van der Waals surface area contributed by atoms with E-state index in [9.17, 15) is 9.59 Å². The minimum absolute atomic E-state index is 0.0468. The summed E-state index contributed by atoms with van der Waals surface area (Å²) in [6.45, 7) is 6.00. The Balaban J connectivity index is 1.80. The molecule has 0 radical (unpaired) electrons. The lowest BCUT2D eigenvalue weighted by Crippen LogP contribution is -2.31. The van der Waals surface area contributed by atoms with E-state index in [-0.39, 0.29) is 11.9 Å². The average Bonchev–Trinajstić information content (AvgIpc) is 2.58. The molecular formula is C18H27N3O3. The summed E-state index contributed by atoms with van der Waals surface area (Å²) in [4.78, 5) is 23.5. The summed E-state index contributed by atoms with van der Waals surface area (Å²) in [6.07, 6.45) is 3.62. The number of carbonyl (C=O) groups is 2. The molecule has 3 N–H and O–H groups in total. The molecule has 132 valence electrons. The molecule has 6 nitrogen and oxygen atoms in total. The highest BCUT2D eigenvalue weighted by Crippen LogP contribution is 2.20. The maximum atomic E-state index is 12.0. The van der Waals surface area contributed by atoms with Crippen molar-refractivity contribution in [3.05, 3.63) is 23.8 Å². The maximum Gasteiger partial charge on any atom is 0.319 e. The van der Waals surface area contributed by atoms with Crippen LogP contribution in [-0.2, 0) is 9.53 Å². The summed E-state index contributed by atoms with van der Waals surface area (Å²) >= 11 is 0. The highest BCUT2D eigenvalue weighted by atomic mass is 16.5. The van der Waals surface area contributed by atoms with Gasteiger partial charge in [0.15, 0.2) is 0 Å². The van der Waals surface area contributed by atoms with Crippen LogP contribution in [0.3, 0.4) is 0 Å². The van der Waals surface area contributed by atoms with Crippen LogP contribution in [0.5, 0.6) is 0 Å². The van der Waals surface area contributed by atoms with Crippen LogP contribution < -0.4 is 16.0 Å². The van der Waals surface area contributed by atoms with E-state index in [4.69, 9.17) is 4.74 Å². The fraction of sp³-hybridized carbons (Fsp3) is 0.556. The summed E-state index contributed by atoms with van der Waals surface area (Å²) in [5.41, 5.74) is 2.34. The second-order valence-corrected chi connectivity index (χ2v) is 6.18. The van der Waals surface area contributed by atoms with E-state index in [1.807, 2.05) is 19.1 Å². The first-order valence-electron chi connectivity index (χ1n) is 8.61. The van der Waals surface area contributed by atoms with E-state index in [1.54, 1.807) is 13.0 Å². The zero-order chi connectivity index (χ0) is 17.4. The quantitative estimate of drug-likeness (QED) is 0.747. The summed E-state index contributed by atoms with van der Waals surface area (Å²) in [7, 11) is 0. The number of nitrogens with one attached hydrogen (secondary N) is 3. The zero-order valence-electron chi connectivity index (χ0n) is 14.5. The highest BCUT2D eigenvalue weighted by Gasteiger charge is 2.14. The topological polar surface area (TPSA) is 79.5 Å². The van der Waals surface area contributed by atoms with Gasteiger partial charge < -0.3 is 20.7 Å². The molecule has 0 bridgehead atoms. The molecule has 0 spiro atoms. The Morgan fingerprint density at radius 3 is 2.83 bits per heavy atom. The molecule has 0 aliphatic carbocycles. The van der Waals surface area contributed by atoms with E-state index >= 15 is 0 Å². The molecule has 6 heteroatoms. The largest absolute Gasteiger partial charge is 0.381 e. The molecule has 1 saturated heterocycles. The third kappa shape index (κ3) is 5.85. The molecule has 24 heavy (non-hydrogen) atoms. The minimum Gasteiger partial charge on any atom is -0.381 e. The number of hydrogen-bond donors (Lipinski definition) is 3. The van der Waals surface area contributed by atoms with Gasteiger partial charge in [-0.1, -0.05) is 13.0 Å². The van der Waals surface area contributed by atoms with Crippen molar-refractivity contribution in [2.24, 2.45) is 5.92 Å². The lowest BCUT2D eigenvalue weighted by atomic mass is 9.99. The Morgan fingerprint density at radius 2 is 2.12 bits per heavy atom. The Kier molecular flexibility index (Phi) is 7.06. The van der Waals surface area contributed by atoms with Crippen LogP contribution in [0, 0.1) is 12.8 Å². The normalized spacial score (nSPS) is 17.2. The van der Waals surface area contributed by atoms with Gasteiger partial charge in [0.1, 0.15) is 0 Å². The van der Waals surface area contributed by atoms with Crippen molar-refractivity contribution in [2.45, 2.75) is 39.5 Å². The lowest BCUT2D eigenvalue weighted by molar-refractivity contribution is -0.115. The van der Waals surface area contributed by atoms with Crippen molar-refractivity contribution in [3.8, 4) is 0 Å². The van der Waals surface area contributed by atoms with Crippen molar-refractivity contribution in [1.82, 2.24) is 5.32 Å². The zero-order valence-corrected chi connectivity index (χ0v) is 14.5. The number of benzene rings is 1. The van der Waals surface area contributed by atoms with Crippen LogP contribution in [0.4, 0.5) is 16.2 Å². The first-order valence-corrected chi connectivity index (χ1v) is 8.61. The summed E-state index contributed by atoms with van der Waals surface area (Å²) in [5, 5.41) is 8.51. The SMILES string of the molecule is CCC(=O)Nc1cc(NC(=O)NCCC2CCCOC2)ccc1C. The van der Waals surface area contributed by atoms with Gasteiger partial charge >= 0.3 is 6.03 Å². The molecule has 0 saturated carbocycles. The monoisotopic (exact) mass is 333 g/mol. The lowest BCUT2D eigenvalue weighted by Gasteiger charge is -2.21. The molecule has 1 fully saturated rings. The van der Waals surface area contributed by atoms with Crippen LogP contribution in [-0.4, -0.2) is 31.7 Å². The number of aryl methyl sites for hydroxylation is 1. The van der Waals surface area contributed by atoms with Crippen molar-refractivity contribution in [1.29, 1.82) is 0 Å². The Bertz CT molecular complexity index is 569. The molecule has 3 amide bonds. The number of anilines is 2. The van der Waals surface area contributed by atoms with Crippen molar-refractivity contribution >= 4 is 23.3 Å². The first-order chi connectivity index (χ1) is 11.6. The van der Waals surface area contributed by atoms with Crippen LogP contribution in [0.25, 0.3) is 0 Å². The predicted octanol–water partition coefficient (Wildman–Crippen LogP) is 3.28. The molecule has 1 heterocycles.